The highest BCUT2D eigenvalue weighted by Gasteiger charge is 2.66. The molecule has 1 aliphatic heterocycles. The fourth-order valence-electron chi connectivity index (χ4n) is 2.68. The fraction of sp³-hybridized carbons (Fsp3) is 0.467. The van der Waals surface area contributed by atoms with Crippen LogP contribution in [-0.2, 0) is 9.53 Å². The second kappa shape index (κ2) is 6.56. The molecule has 1 saturated heterocycles. The maximum Gasteiger partial charge on any atom is 0.437 e. The Morgan fingerprint density at radius 3 is 2.67 bits per heavy atom. The summed E-state index contributed by atoms with van der Waals surface area (Å²) in [5, 5.41) is 14.3. The molecule has 0 aromatic heterocycles. The molecule has 132 valence electrons. The summed E-state index contributed by atoms with van der Waals surface area (Å²) in [6.45, 7) is 3.12. The summed E-state index contributed by atoms with van der Waals surface area (Å²) >= 11 is 4.80. The molecule has 1 aliphatic rings. The third-order valence-electron chi connectivity index (χ3n) is 3.75. The van der Waals surface area contributed by atoms with Gasteiger partial charge in [-0.15, -0.1) is 0 Å². The van der Waals surface area contributed by atoms with Crippen LogP contribution in [0, 0.1) is 12.8 Å². The lowest BCUT2D eigenvalue weighted by molar-refractivity contribution is -0.292. The Balaban J connectivity index is 2.57. The van der Waals surface area contributed by atoms with Crippen LogP contribution in [-0.4, -0.2) is 34.7 Å². The number of benzene rings is 1. The summed E-state index contributed by atoms with van der Waals surface area (Å²) in [5.41, 5.74) is -2.35. The van der Waals surface area contributed by atoms with Crippen molar-refractivity contribution in [2.75, 3.05) is 6.61 Å². The Labute approximate surface area is 142 Å². The van der Waals surface area contributed by atoms with Crippen molar-refractivity contribution in [3.63, 3.8) is 0 Å². The van der Waals surface area contributed by atoms with E-state index in [0.29, 0.717) is 5.56 Å². The van der Waals surface area contributed by atoms with Gasteiger partial charge in [-0.3, -0.25) is 4.79 Å². The number of thiocarbonyl (C=S) groups is 1. The molecule has 5 nitrogen and oxygen atoms in total. The third-order valence-corrected chi connectivity index (χ3v) is 3.97. The first-order valence-electron chi connectivity index (χ1n) is 7.21. The number of esters is 1. The number of aliphatic hydroxyl groups is 1. The summed E-state index contributed by atoms with van der Waals surface area (Å²) in [4.78, 5) is 12.2. The number of hydrogen-bond donors (Lipinski definition) is 3. The number of halogens is 3. The minimum atomic E-state index is -5.14. The first kappa shape index (κ1) is 18.5. The molecule has 0 unspecified atom stereocenters. The molecular weight excluding hydrogens is 345 g/mol. The van der Waals surface area contributed by atoms with Gasteiger partial charge in [0.15, 0.2) is 5.11 Å². The predicted molar refractivity (Wildman–Crippen MR) is 83.9 cm³/mol. The van der Waals surface area contributed by atoms with Crippen molar-refractivity contribution in [2.24, 2.45) is 5.92 Å². The van der Waals surface area contributed by atoms with Gasteiger partial charge >= 0.3 is 12.1 Å². The van der Waals surface area contributed by atoms with E-state index in [2.05, 4.69) is 5.32 Å². The van der Waals surface area contributed by atoms with Crippen molar-refractivity contribution in [2.45, 2.75) is 31.8 Å². The summed E-state index contributed by atoms with van der Waals surface area (Å²) < 4.78 is 45.3. The first-order valence-corrected chi connectivity index (χ1v) is 7.62. The van der Waals surface area contributed by atoms with Crippen LogP contribution in [0.2, 0.25) is 0 Å². The summed E-state index contributed by atoms with van der Waals surface area (Å²) in [5.74, 6) is -3.14. The van der Waals surface area contributed by atoms with Crippen LogP contribution in [0.5, 0.6) is 0 Å². The van der Waals surface area contributed by atoms with Gasteiger partial charge in [0.2, 0.25) is 0 Å². The second-order valence-electron chi connectivity index (χ2n) is 5.48. The fourth-order valence-corrected chi connectivity index (χ4v) is 2.96. The highest BCUT2D eigenvalue weighted by molar-refractivity contribution is 7.80. The summed E-state index contributed by atoms with van der Waals surface area (Å²) in [6, 6.07) is 5.39. The SMILES string of the molecule is CCOC(=O)[C@H]1[C@H](c2cccc(C)c2)NC(=S)N[C@@]1(O)C(F)(F)F. The van der Waals surface area contributed by atoms with Gasteiger partial charge < -0.3 is 20.5 Å². The summed E-state index contributed by atoms with van der Waals surface area (Å²) in [7, 11) is 0. The van der Waals surface area contributed by atoms with Crippen molar-refractivity contribution in [1.29, 1.82) is 0 Å². The van der Waals surface area contributed by atoms with Crippen LogP contribution in [0.4, 0.5) is 13.2 Å². The Kier molecular flexibility index (Phi) is 5.05. The molecule has 9 heteroatoms. The molecule has 0 radical (unpaired) electrons. The number of aryl methyl sites for hydroxylation is 1. The quantitative estimate of drug-likeness (QED) is 0.564. The molecule has 1 aromatic carbocycles. The largest absolute Gasteiger partial charge is 0.466 e. The van der Waals surface area contributed by atoms with Crippen LogP contribution in [0.1, 0.15) is 24.1 Å². The minimum absolute atomic E-state index is 0.117. The van der Waals surface area contributed by atoms with Crippen molar-refractivity contribution >= 4 is 23.3 Å². The normalized spacial score (nSPS) is 27.2. The lowest BCUT2D eigenvalue weighted by atomic mass is 9.82. The molecule has 3 N–H and O–H groups in total. The number of rotatable bonds is 3. The Morgan fingerprint density at radius 2 is 2.12 bits per heavy atom. The Morgan fingerprint density at radius 1 is 1.46 bits per heavy atom. The lowest BCUT2D eigenvalue weighted by Gasteiger charge is -2.45. The van der Waals surface area contributed by atoms with E-state index >= 15 is 0 Å². The van der Waals surface area contributed by atoms with Gasteiger partial charge in [0, 0.05) is 0 Å². The van der Waals surface area contributed by atoms with Gasteiger partial charge in [-0.1, -0.05) is 29.8 Å². The van der Waals surface area contributed by atoms with E-state index < -0.39 is 34.9 Å². The van der Waals surface area contributed by atoms with Crippen LogP contribution >= 0.6 is 12.2 Å². The van der Waals surface area contributed by atoms with Crippen LogP contribution in [0.15, 0.2) is 24.3 Å². The molecule has 0 aliphatic carbocycles. The molecule has 0 saturated carbocycles. The van der Waals surface area contributed by atoms with E-state index in [1.807, 2.05) is 0 Å². The number of carbonyl (C=O) groups is 1. The van der Waals surface area contributed by atoms with Crippen LogP contribution in [0.25, 0.3) is 0 Å². The topological polar surface area (TPSA) is 70.6 Å². The molecule has 0 spiro atoms. The number of carbonyl (C=O) groups excluding carboxylic acids is 1. The van der Waals surface area contributed by atoms with Gasteiger partial charge in [0.25, 0.3) is 5.72 Å². The van der Waals surface area contributed by atoms with E-state index in [9.17, 15) is 23.1 Å². The van der Waals surface area contributed by atoms with Crippen molar-refractivity contribution in [3.8, 4) is 0 Å². The molecule has 1 aromatic rings. The van der Waals surface area contributed by atoms with Crippen molar-refractivity contribution < 1.29 is 27.8 Å². The highest BCUT2D eigenvalue weighted by atomic mass is 32.1. The molecule has 1 heterocycles. The Bertz CT molecular complexity index is 653. The molecule has 1 fully saturated rings. The average molecular weight is 362 g/mol. The van der Waals surface area contributed by atoms with Gasteiger partial charge in [-0.05, 0) is 31.6 Å². The zero-order valence-corrected chi connectivity index (χ0v) is 13.8. The number of nitrogens with one attached hydrogen (secondary N) is 2. The van der Waals surface area contributed by atoms with E-state index in [1.165, 1.54) is 6.92 Å². The Hall–Kier alpha value is -1.87. The van der Waals surface area contributed by atoms with Gasteiger partial charge in [0.05, 0.1) is 12.6 Å². The molecule has 0 bridgehead atoms. The van der Waals surface area contributed by atoms with Gasteiger partial charge in [-0.25, -0.2) is 0 Å². The van der Waals surface area contributed by atoms with Crippen molar-refractivity contribution in [3.05, 3.63) is 35.4 Å². The maximum atomic E-state index is 13.5. The number of ether oxygens (including phenoxy) is 1. The van der Waals surface area contributed by atoms with E-state index in [4.69, 9.17) is 17.0 Å². The average Bonchev–Trinajstić information content (AvgIpc) is 2.45. The smallest absolute Gasteiger partial charge is 0.437 e. The first-order chi connectivity index (χ1) is 11.1. The monoisotopic (exact) mass is 362 g/mol. The second-order valence-corrected chi connectivity index (χ2v) is 5.89. The van der Waals surface area contributed by atoms with E-state index in [0.717, 1.165) is 5.56 Å². The zero-order valence-electron chi connectivity index (χ0n) is 13.0. The van der Waals surface area contributed by atoms with E-state index in [-0.39, 0.29) is 6.61 Å². The molecule has 24 heavy (non-hydrogen) atoms. The molecular formula is C15H17F3N2O3S. The standard InChI is InChI=1S/C15H17F3N2O3S/c1-3-23-12(21)10-11(9-6-4-5-8(2)7-9)19-13(24)20-14(10,22)15(16,17)18/h4-7,10-11,22H,3H2,1-2H3,(H2,19,20,24)/t10-,11+,14+/m1/s1. The van der Waals surface area contributed by atoms with Crippen LogP contribution in [0.3, 0.4) is 0 Å². The van der Waals surface area contributed by atoms with Crippen LogP contribution < -0.4 is 10.6 Å². The molecule has 2 rings (SSSR count). The predicted octanol–water partition coefficient (Wildman–Crippen LogP) is 1.94. The molecule has 0 amide bonds. The van der Waals surface area contributed by atoms with Gasteiger partial charge in [-0.2, -0.15) is 13.2 Å². The van der Waals surface area contributed by atoms with E-state index in [1.54, 1.807) is 36.5 Å². The molecule has 3 atom stereocenters. The highest BCUT2D eigenvalue weighted by Crippen LogP contribution is 2.43. The number of alkyl halides is 3. The van der Waals surface area contributed by atoms with Gasteiger partial charge in [0.1, 0.15) is 5.92 Å². The lowest BCUT2D eigenvalue weighted by Crippen LogP contribution is -2.73. The zero-order chi connectivity index (χ0) is 18.1. The minimum Gasteiger partial charge on any atom is -0.466 e. The third kappa shape index (κ3) is 3.32. The maximum absolute atomic E-state index is 13.5. The number of hydrogen-bond acceptors (Lipinski definition) is 4. The summed E-state index contributed by atoms with van der Waals surface area (Å²) in [6.07, 6.45) is -5.14. The van der Waals surface area contributed by atoms with Crippen molar-refractivity contribution in [1.82, 2.24) is 10.6 Å².